The largest absolute Gasteiger partial charge is 0.598 e. The molecule has 4 rings (SSSR count). The van der Waals surface area contributed by atoms with E-state index in [0.29, 0.717) is 6.02 Å². The molecule has 0 spiro atoms. The number of amidine groups is 1. The van der Waals surface area contributed by atoms with Crippen LogP contribution in [-0.4, -0.2) is 69.0 Å². The molecule has 2 aromatic heterocycles. The second kappa shape index (κ2) is 5.88. The third-order valence-corrected chi connectivity index (χ3v) is 4.15. The molecule has 0 aliphatic heterocycles. The summed E-state index contributed by atoms with van der Waals surface area (Å²) in [6.45, 7) is 0. The highest BCUT2D eigenvalue weighted by Crippen LogP contribution is 2.14. The van der Waals surface area contributed by atoms with E-state index in [1.807, 2.05) is 81.3 Å². The molecular weight excluding hydrogens is 332 g/mol. The van der Waals surface area contributed by atoms with E-state index in [1.54, 1.807) is 4.79 Å². The Morgan fingerprint density at radius 1 is 0.885 bits per heavy atom. The van der Waals surface area contributed by atoms with Crippen LogP contribution in [0.4, 0.5) is 0 Å². The number of aromatic nitrogens is 6. The lowest BCUT2D eigenvalue weighted by atomic mass is 10.3. The molecule has 132 valence electrons. The molecule has 2 aromatic carbocycles. The van der Waals surface area contributed by atoms with E-state index in [4.69, 9.17) is 4.84 Å². The van der Waals surface area contributed by atoms with E-state index >= 15 is 0 Å². The Kier molecular flexibility index (Phi) is 3.66. The van der Waals surface area contributed by atoms with Gasteiger partial charge in [-0.3, -0.25) is 0 Å². The van der Waals surface area contributed by atoms with Gasteiger partial charge in [0, 0.05) is 0 Å². The van der Waals surface area contributed by atoms with Gasteiger partial charge in [-0.05, 0) is 34.7 Å². The third kappa shape index (κ3) is 2.49. The monoisotopic (exact) mass is 352 g/mol. The summed E-state index contributed by atoms with van der Waals surface area (Å²) in [4.78, 5) is 9.35. The van der Waals surface area contributed by atoms with Gasteiger partial charge in [0.2, 0.25) is 0 Å². The molecule has 0 N–H and O–H groups in total. The molecule has 0 saturated carbocycles. The van der Waals surface area contributed by atoms with Crippen molar-refractivity contribution in [3.8, 4) is 0 Å². The summed E-state index contributed by atoms with van der Waals surface area (Å²) in [5.74, 6) is 0. The zero-order valence-corrected chi connectivity index (χ0v) is 15.1. The van der Waals surface area contributed by atoms with Crippen LogP contribution in [0.25, 0.3) is 22.1 Å². The van der Waals surface area contributed by atoms with Crippen LogP contribution in [0.5, 0.6) is 0 Å². The van der Waals surface area contributed by atoms with Crippen molar-refractivity contribution in [2.24, 2.45) is 0 Å². The van der Waals surface area contributed by atoms with Crippen LogP contribution in [0.3, 0.4) is 0 Å². The number of hydrogen-bond acceptors (Lipinski definition) is 5. The Hall–Kier alpha value is -3.33. The van der Waals surface area contributed by atoms with Gasteiger partial charge in [-0.15, -0.1) is 14.8 Å². The van der Waals surface area contributed by atoms with E-state index in [9.17, 15) is 0 Å². The second-order valence-corrected chi connectivity index (χ2v) is 6.58. The summed E-state index contributed by atoms with van der Waals surface area (Å²) in [5, 5.41) is 16.8. The lowest BCUT2D eigenvalue weighted by Crippen LogP contribution is -2.62. The van der Waals surface area contributed by atoms with Crippen molar-refractivity contribution in [3.05, 3.63) is 48.5 Å². The maximum atomic E-state index is 6.14. The van der Waals surface area contributed by atoms with E-state index in [0.717, 1.165) is 22.1 Å². The fourth-order valence-corrected chi connectivity index (χ4v) is 2.97. The Morgan fingerprint density at radius 2 is 1.46 bits per heavy atom. The molecule has 0 fully saturated rings. The zero-order chi connectivity index (χ0) is 18.3. The predicted molar refractivity (Wildman–Crippen MR) is 98.1 cm³/mol. The number of benzene rings is 2. The van der Waals surface area contributed by atoms with Crippen LogP contribution in [0, 0.1) is 0 Å². The van der Waals surface area contributed by atoms with Crippen molar-refractivity contribution >= 4 is 28.1 Å². The number of quaternary nitrogens is 1. The highest BCUT2D eigenvalue weighted by molar-refractivity contribution is 5.80. The summed E-state index contributed by atoms with van der Waals surface area (Å²) in [6, 6.07) is 16.0. The van der Waals surface area contributed by atoms with E-state index in [2.05, 4.69) is 20.6 Å². The zero-order valence-electron chi connectivity index (χ0n) is 15.1. The fourth-order valence-electron chi connectivity index (χ4n) is 2.97. The Balaban J connectivity index is 1.80. The lowest BCUT2D eigenvalue weighted by Gasteiger charge is -2.23. The molecule has 9 heteroatoms. The first-order chi connectivity index (χ1) is 12.5. The summed E-state index contributed by atoms with van der Waals surface area (Å²) < 4.78 is 2.06. The second-order valence-electron chi connectivity index (χ2n) is 6.58. The van der Waals surface area contributed by atoms with Gasteiger partial charge in [0.05, 0.1) is 0 Å². The maximum absolute atomic E-state index is 6.14. The molecule has 0 atom stereocenters. The Labute approximate surface area is 149 Å². The SMILES string of the molecule is C[N+](C)=C(On1nnc2ccccc21)[N+](C)(C)n1nnc2ccccc21. The Morgan fingerprint density at radius 3 is 2.15 bits per heavy atom. The molecule has 2 heterocycles. The van der Waals surface area contributed by atoms with Crippen molar-refractivity contribution in [1.82, 2.24) is 34.9 Å². The van der Waals surface area contributed by atoms with Crippen molar-refractivity contribution in [2.75, 3.05) is 28.2 Å². The van der Waals surface area contributed by atoms with Crippen LogP contribution in [0.15, 0.2) is 48.5 Å². The van der Waals surface area contributed by atoms with Crippen molar-refractivity contribution in [1.29, 1.82) is 0 Å². The molecule has 0 bridgehead atoms. The number of para-hydroxylation sites is 2. The van der Waals surface area contributed by atoms with Crippen LogP contribution >= 0.6 is 0 Å². The lowest BCUT2D eigenvalue weighted by molar-refractivity contribution is -0.482. The first-order valence-corrected chi connectivity index (χ1v) is 8.17. The maximum Gasteiger partial charge on any atom is 0.598 e. The molecule has 0 radical (unpaired) electrons. The normalized spacial score (nSPS) is 11.8. The average Bonchev–Trinajstić information content (AvgIpc) is 3.24. The van der Waals surface area contributed by atoms with Gasteiger partial charge in [-0.2, -0.15) is 0 Å². The van der Waals surface area contributed by atoms with Crippen LogP contribution in [-0.2, 0) is 0 Å². The van der Waals surface area contributed by atoms with Crippen LogP contribution in [0.1, 0.15) is 0 Å². The molecule has 0 aliphatic rings. The van der Waals surface area contributed by atoms with Crippen molar-refractivity contribution in [2.45, 2.75) is 0 Å². The van der Waals surface area contributed by atoms with Gasteiger partial charge in [0.25, 0.3) is 0 Å². The first-order valence-electron chi connectivity index (χ1n) is 8.17. The summed E-state index contributed by atoms with van der Waals surface area (Å²) in [5.41, 5.74) is 3.28. The summed E-state index contributed by atoms with van der Waals surface area (Å²) in [6.07, 6.45) is 0. The summed E-state index contributed by atoms with van der Waals surface area (Å²) >= 11 is 0. The van der Waals surface area contributed by atoms with Gasteiger partial charge in [0.15, 0.2) is 0 Å². The standard InChI is InChI=1S/C17H20N8O/c1-22(2)17(26-24-16-12-8-6-10-14(16)19-21-24)25(3,4)23-15-11-7-5-9-13(15)18-20-23/h5-12H,1-4H3/q+2. The topological polar surface area (TPSA) is 73.7 Å². The highest BCUT2D eigenvalue weighted by Gasteiger charge is 2.40. The molecule has 0 aliphatic carbocycles. The van der Waals surface area contributed by atoms with Gasteiger partial charge < -0.3 is 0 Å². The van der Waals surface area contributed by atoms with Crippen molar-refractivity contribution < 1.29 is 9.41 Å². The van der Waals surface area contributed by atoms with E-state index < -0.39 is 0 Å². The van der Waals surface area contributed by atoms with Gasteiger partial charge in [-0.1, -0.05) is 38.5 Å². The number of hydrogen-bond donors (Lipinski definition) is 0. The molecule has 26 heavy (non-hydrogen) atoms. The minimum absolute atomic E-state index is 0.182. The average molecular weight is 352 g/mol. The quantitative estimate of drug-likeness (QED) is 0.229. The van der Waals surface area contributed by atoms with Gasteiger partial charge in [0.1, 0.15) is 50.3 Å². The minimum Gasteiger partial charge on any atom is -0.245 e. The number of rotatable bonds is 2. The molecule has 0 saturated heterocycles. The molecule has 0 amide bonds. The van der Waals surface area contributed by atoms with Gasteiger partial charge >= 0.3 is 6.02 Å². The minimum atomic E-state index is 0.182. The third-order valence-electron chi connectivity index (χ3n) is 4.15. The molecular formula is C17H20N8O+2. The van der Waals surface area contributed by atoms with Crippen LogP contribution in [0.2, 0.25) is 0 Å². The molecule has 4 aromatic rings. The van der Waals surface area contributed by atoms with E-state index in [-0.39, 0.29) is 4.59 Å². The fraction of sp³-hybridized carbons (Fsp3) is 0.235. The smallest absolute Gasteiger partial charge is 0.245 e. The summed E-state index contributed by atoms with van der Waals surface area (Å²) in [7, 11) is 7.76. The van der Waals surface area contributed by atoms with Gasteiger partial charge in [-0.25, -0.2) is 4.84 Å². The predicted octanol–water partition coefficient (Wildman–Crippen LogP) is 0.631. The number of nitrogens with zero attached hydrogens (tertiary/aromatic N) is 8. The van der Waals surface area contributed by atoms with E-state index in [1.165, 1.54) is 4.85 Å². The molecule has 0 unspecified atom stereocenters. The van der Waals surface area contributed by atoms with Crippen LogP contribution < -0.4 is 9.43 Å². The number of fused-ring (bicyclic) bond motifs is 2. The molecule has 9 nitrogen and oxygen atoms in total. The highest BCUT2D eigenvalue weighted by atomic mass is 16.7. The Bertz CT molecular complexity index is 1120. The first kappa shape index (κ1) is 16.2. The van der Waals surface area contributed by atoms with Crippen molar-refractivity contribution in [3.63, 3.8) is 0 Å².